The number of likely N-dealkylation sites (N-methyl/N-ethyl adjacent to an activating group) is 1. The summed E-state index contributed by atoms with van der Waals surface area (Å²) in [4.78, 5) is 12.4. The van der Waals surface area contributed by atoms with E-state index in [0.717, 1.165) is 8.78 Å². The quantitative estimate of drug-likeness (QED) is 0.658. The minimum absolute atomic E-state index is 0.118. The van der Waals surface area contributed by atoms with Gasteiger partial charge in [0, 0.05) is 11.5 Å². The molecule has 2 rings (SSSR count). The summed E-state index contributed by atoms with van der Waals surface area (Å²) in [5.74, 6) is 0.710. The van der Waals surface area contributed by atoms with Gasteiger partial charge in [-0.2, -0.15) is 4.31 Å². The molecule has 0 saturated carbocycles. The fourth-order valence-electron chi connectivity index (χ4n) is 2.42. The minimum atomic E-state index is -3.76. The smallest absolute Gasteiger partial charge is 0.243 e. The Morgan fingerprint density at radius 3 is 2.15 bits per heavy atom. The van der Waals surface area contributed by atoms with E-state index in [1.165, 1.54) is 33.4 Å². The van der Waals surface area contributed by atoms with Gasteiger partial charge in [-0.3, -0.25) is 4.79 Å². The molecule has 2 aromatic rings. The zero-order chi connectivity index (χ0) is 20.0. The van der Waals surface area contributed by atoms with Crippen molar-refractivity contribution in [2.24, 2.45) is 0 Å². The Hall–Kier alpha value is -2.10. The highest BCUT2D eigenvalue weighted by Crippen LogP contribution is 2.27. The number of hydrogen-bond acceptors (Lipinski definition) is 5. The van der Waals surface area contributed by atoms with Crippen molar-refractivity contribution < 1.29 is 22.7 Å². The summed E-state index contributed by atoms with van der Waals surface area (Å²) in [6, 6.07) is 11.5. The Balaban J connectivity index is 2.05. The molecule has 0 fully saturated rings. The van der Waals surface area contributed by atoms with Crippen LogP contribution in [-0.2, 0) is 21.4 Å². The monoisotopic (exact) mass is 456 g/mol. The zero-order valence-electron chi connectivity index (χ0n) is 15.2. The number of hydrogen-bond donors (Lipinski definition) is 1. The molecule has 1 N–H and O–H groups in total. The Morgan fingerprint density at radius 2 is 1.63 bits per heavy atom. The summed E-state index contributed by atoms with van der Waals surface area (Å²) in [5.41, 5.74) is 0.675. The lowest BCUT2D eigenvalue weighted by molar-refractivity contribution is -0.121. The van der Waals surface area contributed by atoms with Crippen LogP contribution in [0.4, 0.5) is 0 Å². The first-order valence-corrected chi connectivity index (χ1v) is 10.2. The van der Waals surface area contributed by atoms with Crippen LogP contribution in [0.2, 0.25) is 0 Å². The molecule has 0 saturated heterocycles. The van der Waals surface area contributed by atoms with Crippen LogP contribution in [-0.4, -0.2) is 46.4 Å². The maximum Gasteiger partial charge on any atom is 0.243 e. The number of rotatable bonds is 8. The molecule has 7 nitrogen and oxygen atoms in total. The van der Waals surface area contributed by atoms with Crippen molar-refractivity contribution in [1.29, 1.82) is 0 Å². The fourth-order valence-corrected chi connectivity index (χ4v) is 3.81. The van der Waals surface area contributed by atoms with E-state index in [2.05, 4.69) is 21.2 Å². The molecule has 27 heavy (non-hydrogen) atoms. The van der Waals surface area contributed by atoms with Gasteiger partial charge in [-0.05, 0) is 36.4 Å². The third-order valence-electron chi connectivity index (χ3n) is 3.88. The van der Waals surface area contributed by atoms with E-state index in [-0.39, 0.29) is 18.0 Å². The second-order valence-electron chi connectivity index (χ2n) is 5.63. The predicted octanol–water partition coefficient (Wildman–Crippen LogP) is 2.40. The topological polar surface area (TPSA) is 84.9 Å². The predicted molar refractivity (Wildman–Crippen MR) is 105 cm³/mol. The number of carbonyl (C=O) groups excluding carboxylic acids is 1. The molecule has 0 aromatic heterocycles. The van der Waals surface area contributed by atoms with Gasteiger partial charge in [-0.15, -0.1) is 0 Å². The molecule has 0 aliphatic rings. The number of methoxy groups -OCH3 is 2. The van der Waals surface area contributed by atoms with E-state index in [1.807, 2.05) is 0 Å². The number of nitrogens with zero attached hydrogens (tertiary/aromatic N) is 1. The lowest BCUT2D eigenvalue weighted by atomic mass is 10.1. The number of nitrogens with one attached hydrogen (secondary N) is 1. The molecular formula is C18H21BrN2O5S. The van der Waals surface area contributed by atoms with E-state index in [4.69, 9.17) is 9.47 Å². The van der Waals surface area contributed by atoms with Crippen LogP contribution in [0, 0.1) is 0 Å². The highest BCUT2D eigenvalue weighted by Gasteiger charge is 2.23. The lowest BCUT2D eigenvalue weighted by Crippen LogP contribution is -2.38. The van der Waals surface area contributed by atoms with Crippen molar-refractivity contribution in [3.05, 3.63) is 52.5 Å². The molecule has 0 atom stereocenters. The van der Waals surface area contributed by atoms with Gasteiger partial charge < -0.3 is 14.8 Å². The van der Waals surface area contributed by atoms with Gasteiger partial charge in [0.15, 0.2) is 0 Å². The van der Waals surface area contributed by atoms with Crippen LogP contribution in [0.5, 0.6) is 11.5 Å². The summed E-state index contributed by atoms with van der Waals surface area (Å²) in [7, 11) is 0.658. The molecule has 146 valence electrons. The average Bonchev–Trinajstić information content (AvgIpc) is 2.66. The molecule has 0 heterocycles. The second kappa shape index (κ2) is 9.20. The molecule has 0 aliphatic heterocycles. The number of halogens is 1. The molecule has 0 bridgehead atoms. The number of ether oxygens (including phenoxy) is 2. The second-order valence-corrected chi connectivity index (χ2v) is 8.59. The van der Waals surface area contributed by atoms with Crippen molar-refractivity contribution in [3.63, 3.8) is 0 Å². The third kappa shape index (κ3) is 5.21. The zero-order valence-corrected chi connectivity index (χ0v) is 17.6. The Kier molecular flexibility index (Phi) is 7.23. The fraction of sp³-hybridized carbons (Fsp3) is 0.278. The molecule has 1 amide bonds. The van der Waals surface area contributed by atoms with Crippen LogP contribution in [0.15, 0.2) is 51.8 Å². The van der Waals surface area contributed by atoms with Crippen LogP contribution >= 0.6 is 15.9 Å². The largest absolute Gasteiger partial charge is 0.496 e. The molecular weight excluding hydrogens is 436 g/mol. The van der Waals surface area contributed by atoms with Crippen LogP contribution in [0.25, 0.3) is 0 Å². The first-order valence-electron chi connectivity index (χ1n) is 7.98. The van der Waals surface area contributed by atoms with Crippen molar-refractivity contribution in [2.45, 2.75) is 11.4 Å². The normalized spacial score (nSPS) is 11.3. The molecule has 9 heteroatoms. The van der Waals surface area contributed by atoms with E-state index < -0.39 is 15.9 Å². The lowest BCUT2D eigenvalue weighted by Gasteiger charge is -2.18. The van der Waals surface area contributed by atoms with Gasteiger partial charge in [-0.1, -0.05) is 22.0 Å². The molecule has 0 aliphatic carbocycles. The molecule has 0 unspecified atom stereocenters. The van der Waals surface area contributed by atoms with Crippen molar-refractivity contribution >= 4 is 31.9 Å². The third-order valence-corrected chi connectivity index (χ3v) is 6.23. The van der Waals surface area contributed by atoms with E-state index in [1.54, 1.807) is 30.3 Å². The van der Waals surface area contributed by atoms with Gasteiger partial charge in [0.1, 0.15) is 11.5 Å². The van der Waals surface area contributed by atoms with Gasteiger partial charge in [0.2, 0.25) is 15.9 Å². The number of amides is 1. The van der Waals surface area contributed by atoms with Gasteiger partial charge in [0.05, 0.1) is 37.8 Å². The van der Waals surface area contributed by atoms with Crippen LogP contribution < -0.4 is 14.8 Å². The maximum absolute atomic E-state index is 12.5. The number of sulfonamides is 1. The molecule has 2 aromatic carbocycles. The summed E-state index contributed by atoms with van der Waals surface area (Å²) in [6.45, 7) is -0.159. The summed E-state index contributed by atoms with van der Waals surface area (Å²) < 4.78 is 37.4. The van der Waals surface area contributed by atoms with E-state index in [0.29, 0.717) is 17.1 Å². The van der Waals surface area contributed by atoms with Crippen LogP contribution in [0.3, 0.4) is 0 Å². The summed E-state index contributed by atoms with van der Waals surface area (Å²) in [5, 5.41) is 2.70. The first-order chi connectivity index (χ1) is 12.8. The van der Waals surface area contributed by atoms with Crippen molar-refractivity contribution in [1.82, 2.24) is 9.62 Å². The number of carbonyl (C=O) groups is 1. The SMILES string of the molecule is COc1cccc(OC)c1CNC(=O)CN(C)S(=O)(=O)c1ccc(Br)cc1. The Bertz CT molecular complexity index is 878. The maximum atomic E-state index is 12.5. The highest BCUT2D eigenvalue weighted by molar-refractivity contribution is 9.10. The molecule has 0 spiro atoms. The van der Waals surface area contributed by atoms with Crippen LogP contribution in [0.1, 0.15) is 5.56 Å². The van der Waals surface area contributed by atoms with Gasteiger partial charge in [-0.25, -0.2) is 8.42 Å². The summed E-state index contributed by atoms with van der Waals surface area (Å²) >= 11 is 3.26. The Labute approximate surface area is 167 Å². The average molecular weight is 457 g/mol. The molecule has 0 radical (unpaired) electrons. The number of benzene rings is 2. The summed E-state index contributed by atoms with van der Waals surface area (Å²) in [6.07, 6.45) is 0. The highest BCUT2D eigenvalue weighted by atomic mass is 79.9. The van der Waals surface area contributed by atoms with Crippen molar-refractivity contribution in [2.75, 3.05) is 27.8 Å². The van der Waals surface area contributed by atoms with E-state index in [9.17, 15) is 13.2 Å². The van der Waals surface area contributed by atoms with Crippen molar-refractivity contribution in [3.8, 4) is 11.5 Å². The minimum Gasteiger partial charge on any atom is -0.496 e. The first kappa shape index (κ1) is 21.2. The standard InChI is InChI=1S/C18H21BrN2O5S/c1-21(27(23,24)14-9-7-13(19)8-10-14)12-18(22)20-11-15-16(25-2)5-4-6-17(15)26-3/h4-10H,11-12H2,1-3H3,(H,20,22). The van der Waals surface area contributed by atoms with Gasteiger partial charge >= 0.3 is 0 Å². The van der Waals surface area contributed by atoms with Gasteiger partial charge in [0.25, 0.3) is 0 Å². The Morgan fingerprint density at radius 1 is 1.07 bits per heavy atom. The van der Waals surface area contributed by atoms with E-state index >= 15 is 0 Å².